The average Bonchev–Trinajstić information content (AvgIpc) is 2.26. The summed E-state index contributed by atoms with van der Waals surface area (Å²) in [5.74, 6) is 9.73. The van der Waals surface area contributed by atoms with Gasteiger partial charge in [-0.3, -0.25) is 11.7 Å². The van der Waals surface area contributed by atoms with Crippen LogP contribution in [-0.2, 0) is 0 Å². The Bertz CT molecular complexity index is 84.2. The van der Waals surface area contributed by atoms with E-state index in [4.69, 9.17) is 11.7 Å². The summed E-state index contributed by atoms with van der Waals surface area (Å²) in [5, 5.41) is 0. The van der Waals surface area contributed by atoms with E-state index in [1.165, 1.54) is 0 Å². The Morgan fingerprint density at radius 1 is 0.333 bits per heavy atom. The van der Waals surface area contributed by atoms with Crippen molar-refractivity contribution in [2.75, 3.05) is 0 Å². The molecule has 0 aliphatic carbocycles. The van der Waals surface area contributed by atoms with Gasteiger partial charge in [-0.1, -0.05) is 0 Å². The summed E-state index contributed by atoms with van der Waals surface area (Å²) in [6, 6.07) is 0. The van der Waals surface area contributed by atoms with E-state index in [0.717, 1.165) is 0 Å². The number of rotatable bonds is 12. The van der Waals surface area contributed by atoms with Crippen molar-refractivity contribution in [3.8, 4) is 0 Å². The van der Waals surface area contributed by atoms with Gasteiger partial charge >= 0.3 is 0 Å². The lowest BCUT2D eigenvalue weighted by molar-refractivity contribution is 0.213. The van der Waals surface area contributed by atoms with Gasteiger partial charge in [-0.15, -0.1) is 0 Å². The van der Waals surface area contributed by atoms with Gasteiger partial charge in [0.15, 0.2) is 0 Å². The number of hydrogen-bond acceptors (Lipinski definition) is 15. The van der Waals surface area contributed by atoms with E-state index in [1.54, 1.807) is 0 Å². The Kier molecular flexibility index (Phi) is 12.9. The van der Waals surface area contributed by atoms with Crippen LogP contribution < -0.4 is 83.6 Å². The molecule has 0 spiro atoms. The minimum Gasteiger partial charge on any atom is -0.257 e. The third-order valence-corrected chi connectivity index (χ3v) is 0.769. The van der Waals surface area contributed by atoms with Crippen molar-refractivity contribution >= 4 is 0 Å². The molecule has 15 heavy (non-hydrogen) atoms. The van der Waals surface area contributed by atoms with Crippen molar-refractivity contribution in [2.45, 2.75) is 0 Å². The molecular formula is H17N15. The van der Waals surface area contributed by atoms with Crippen LogP contribution in [-0.4, -0.2) is 0 Å². The molecule has 0 aromatic rings. The zero-order valence-electron chi connectivity index (χ0n) is 7.65. The molecule has 0 saturated carbocycles. The zero-order valence-corrected chi connectivity index (χ0v) is 7.65. The monoisotopic (exact) mass is 227 g/mol. The normalized spacial score (nSPS) is 10.8. The molecule has 0 rings (SSSR count). The first-order valence-electron chi connectivity index (χ1n) is 3.58. The van der Waals surface area contributed by atoms with Crippen LogP contribution >= 0.6 is 0 Å². The summed E-state index contributed by atoms with van der Waals surface area (Å²) in [4.78, 5) is 0. The Labute approximate surface area is 84.8 Å². The van der Waals surface area contributed by atoms with E-state index in [9.17, 15) is 0 Å². The van der Waals surface area contributed by atoms with Gasteiger partial charge in [0.2, 0.25) is 0 Å². The smallest absolute Gasteiger partial charge is 0.164 e. The second-order valence-electron chi connectivity index (χ2n) is 1.66. The van der Waals surface area contributed by atoms with Crippen LogP contribution in [0, 0.1) is 0 Å². The number of hydrazine groups is 14. The maximum Gasteiger partial charge on any atom is -0.164 e. The fraction of sp³-hybridized carbons (Fsp3) is 0. The summed E-state index contributed by atoms with van der Waals surface area (Å²) < 4.78 is 0. The molecule has 0 radical (unpaired) electrons. The minimum atomic E-state index is 2.12. The second kappa shape index (κ2) is 13.4. The van der Waals surface area contributed by atoms with Gasteiger partial charge in [0.25, 0.3) is 0 Å². The van der Waals surface area contributed by atoms with Crippen molar-refractivity contribution in [3.05, 3.63) is 0 Å². The van der Waals surface area contributed by atoms with Gasteiger partial charge in [-0.25, -0.2) is 0 Å². The molecule has 0 fully saturated rings. The quantitative estimate of drug-likeness (QED) is 0.0847. The van der Waals surface area contributed by atoms with Crippen molar-refractivity contribution in [2.24, 2.45) is 11.7 Å². The first-order chi connectivity index (χ1) is 7.41. The molecular weight excluding hydrogens is 210 g/mol. The van der Waals surface area contributed by atoms with Gasteiger partial charge in [0.05, 0.1) is 0 Å². The van der Waals surface area contributed by atoms with Crippen LogP contribution in [0.2, 0.25) is 0 Å². The molecule has 0 saturated heterocycles. The Balaban J connectivity index is 2.81. The SMILES string of the molecule is NNNNNNNNNNNNNNN. The predicted molar refractivity (Wildman–Crippen MR) is 49.1 cm³/mol. The van der Waals surface area contributed by atoms with E-state index < -0.39 is 0 Å². The Hall–Kier alpha value is -0.600. The van der Waals surface area contributed by atoms with E-state index in [0.29, 0.717) is 0 Å². The molecule has 0 atom stereocenters. The lowest BCUT2D eigenvalue weighted by Crippen LogP contribution is -2.67. The molecule has 0 bridgehead atoms. The van der Waals surface area contributed by atoms with Crippen molar-refractivity contribution in [3.63, 3.8) is 0 Å². The summed E-state index contributed by atoms with van der Waals surface area (Å²) in [7, 11) is 0. The summed E-state index contributed by atoms with van der Waals surface area (Å²) >= 11 is 0. The molecule has 0 amide bonds. The van der Waals surface area contributed by atoms with Gasteiger partial charge < -0.3 is 0 Å². The number of hydrogen-bond donors (Lipinski definition) is 15. The highest BCUT2D eigenvalue weighted by molar-refractivity contribution is 4.15. The summed E-state index contributed by atoms with van der Waals surface area (Å²) in [5.41, 5.74) is 30.8. The summed E-state index contributed by atoms with van der Waals surface area (Å²) in [6.45, 7) is 0. The largest absolute Gasteiger partial charge is 0.257 e. The molecule has 17 N–H and O–H groups in total. The number of nitrogens with one attached hydrogen (secondary N) is 13. The Morgan fingerprint density at radius 2 is 0.533 bits per heavy atom. The molecule has 15 heteroatoms. The standard InChI is InChI=1S/H17N15/c1-3-5-7-9-11-13-15-14-12-10-8-6-4-2/h3-15H,1-2H2. The molecule has 92 valence electrons. The third-order valence-electron chi connectivity index (χ3n) is 0.769. The predicted octanol–water partition coefficient (Wildman–Crippen LogP) is -7.62. The summed E-state index contributed by atoms with van der Waals surface area (Å²) in [6.07, 6.45) is 0. The van der Waals surface area contributed by atoms with Crippen LogP contribution in [0.1, 0.15) is 0 Å². The van der Waals surface area contributed by atoms with Crippen LogP contribution in [0.15, 0.2) is 0 Å². The van der Waals surface area contributed by atoms with Crippen molar-refractivity contribution < 1.29 is 0 Å². The molecule has 0 heterocycles. The fourth-order valence-corrected chi connectivity index (χ4v) is 0.353. The third kappa shape index (κ3) is 13.4. The second-order valence-corrected chi connectivity index (χ2v) is 1.66. The van der Waals surface area contributed by atoms with Crippen LogP contribution in [0.5, 0.6) is 0 Å². The van der Waals surface area contributed by atoms with Crippen LogP contribution in [0.3, 0.4) is 0 Å². The molecule has 0 aromatic heterocycles. The van der Waals surface area contributed by atoms with Gasteiger partial charge in [-0.05, 0) is 0 Å². The highest BCUT2D eigenvalue weighted by Crippen LogP contribution is 1.26. The van der Waals surface area contributed by atoms with E-state index in [2.05, 4.69) is 72.0 Å². The van der Waals surface area contributed by atoms with Gasteiger partial charge in [0, 0.05) is 0 Å². The topological polar surface area (TPSA) is 208 Å². The molecule has 0 aliphatic heterocycles. The highest BCUT2D eigenvalue weighted by Gasteiger charge is 1.81. The van der Waals surface area contributed by atoms with Crippen LogP contribution in [0.4, 0.5) is 0 Å². The van der Waals surface area contributed by atoms with E-state index in [-0.39, 0.29) is 0 Å². The zero-order chi connectivity index (χ0) is 11.2. The lowest BCUT2D eigenvalue weighted by atomic mass is 12.0. The van der Waals surface area contributed by atoms with Crippen LogP contribution in [0.25, 0.3) is 0 Å². The Morgan fingerprint density at radius 3 is 0.733 bits per heavy atom. The van der Waals surface area contributed by atoms with Crippen molar-refractivity contribution in [1.29, 1.82) is 0 Å². The lowest BCUT2D eigenvalue weighted by Gasteiger charge is -2.13. The maximum atomic E-state index is 4.86. The average molecular weight is 227 g/mol. The molecule has 15 nitrogen and oxygen atoms in total. The fourth-order valence-electron chi connectivity index (χ4n) is 0.353. The molecule has 0 unspecified atom stereocenters. The maximum absolute atomic E-state index is 4.86. The first kappa shape index (κ1) is 14.4. The molecule has 0 aliphatic rings. The van der Waals surface area contributed by atoms with E-state index >= 15 is 0 Å². The first-order valence-corrected chi connectivity index (χ1v) is 3.58. The molecule has 0 aromatic carbocycles. The minimum absolute atomic E-state index is 2.12. The number of nitrogens with two attached hydrogens (primary N) is 2. The highest BCUT2D eigenvalue weighted by atomic mass is 16.0. The van der Waals surface area contributed by atoms with Gasteiger partial charge in [-0.2, -0.15) is 72.0 Å². The van der Waals surface area contributed by atoms with Crippen molar-refractivity contribution in [1.82, 2.24) is 72.0 Å². The van der Waals surface area contributed by atoms with E-state index in [1.807, 2.05) is 0 Å². The van der Waals surface area contributed by atoms with Gasteiger partial charge in [0.1, 0.15) is 0 Å².